The van der Waals surface area contributed by atoms with Crippen molar-refractivity contribution in [2.75, 3.05) is 12.3 Å². The molecule has 1 aromatic rings. The van der Waals surface area contributed by atoms with Crippen LogP contribution in [0.25, 0.3) is 0 Å². The summed E-state index contributed by atoms with van der Waals surface area (Å²) in [6, 6.07) is 1.44. The fourth-order valence-corrected chi connectivity index (χ4v) is 2.16. The molecule has 0 fully saturated rings. The van der Waals surface area contributed by atoms with Gasteiger partial charge >= 0.3 is 0 Å². The van der Waals surface area contributed by atoms with Crippen molar-refractivity contribution in [3.05, 3.63) is 17.5 Å². The highest BCUT2D eigenvalue weighted by Crippen LogP contribution is 2.02. The number of hydrogen-bond donors (Lipinski definition) is 3. The summed E-state index contributed by atoms with van der Waals surface area (Å²) in [5.74, 6) is -0.159. The third-order valence-corrected chi connectivity index (χ3v) is 3.19. The molecule has 0 saturated carbocycles. The SMILES string of the molecule is CC(=O)NC(CS)C(=O)NCCCn1nc(C)cc1C. The van der Waals surface area contributed by atoms with E-state index < -0.39 is 6.04 Å². The van der Waals surface area contributed by atoms with Crippen LogP contribution in [0, 0.1) is 13.8 Å². The van der Waals surface area contributed by atoms with Gasteiger partial charge in [0.25, 0.3) is 0 Å². The Kier molecular flexibility index (Phi) is 6.57. The summed E-state index contributed by atoms with van der Waals surface area (Å²) < 4.78 is 1.92. The maximum absolute atomic E-state index is 11.8. The molecular weight excluding hydrogens is 276 g/mol. The van der Waals surface area contributed by atoms with E-state index in [2.05, 4.69) is 28.4 Å². The number of aryl methyl sites for hydroxylation is 3. The molecule has 0 aliphatic heterocycles. The van der Waals surface area contributed by atoms with Crippen LogP contribution >= 0.6 is 12.6 Å². The van der Waals surface area contributed by atoms with Crippen molar-refractivity contribution < 1.29 is 9.59 Å². The van der Waals surface area contributed by atoms with Crippen molar-refractivity contribution >= 4 is 24.4 Å². The van der Waals surface area contributed by atoms with Gasteiger partial charge in [-0.25, -0.2) is 0 Å². The molecule has 1 rings (SSSR count). The lowest BCUT2D eigenvalue weighted by molar-refractivity contribution is -0.127. The van der Waals surface area contributed by atoms with Crippen LogP contribution in [-0.4, -0.2) is 39.9 Å². The van der Waals surface area contributed by atoms with E-state index in [4.69, 9.17) is 0 Å². The van der Waals surface area contributed by atoms with E-state index in [1.54, 1.807) is 0 Å². The van der Waals surface area contributed by atoms with Crippen LogP contribution in [0.2, 0.25) is 0 Å². The molecule has 0 aliphatic rings. The summed E-state index contributed by atoms with van der Waals surface area (Å²) in [7, 11) is 0. The highest BCUT2D eigenvalue weighted by atomic mass is 32.1. The van der Waals surface area contributed by atoms with Crippen LogP contribution in [0.1, 0.15) is 24.7 Å². The third kappa shape index (κ3) is 5.24. The molecule has 0 spiro atoms. The summed E-state index contributed by atoms with van der Waals surface area (Å²) in [6.07, 6.45) is 0.785. The molecule has 2 N–H and O–H groups in total. The molecule has 1 heterocycles. The van der Waals surface area contributed by atoms with Gasteiger partial charge in [-0.15, -0.1) is 0 Å². The molecule has 0 radical (unpaired) electrons. The molecule has 0 bridgehead atoms. The van der Waals surface area contributed by atoms with Crippen molar-refractivity contribution in [2.45, 2.75) is 39.8 Å². The van der Waals surface area contributed by atoms with E-state index in [0.29, 0.717) is 6.54 Å². The molecular formula is C13H22N4O2S. The van der Waals surface area contributed by atoms with Gasteiger partial charge in [-0.2, -0.15) is 17.7 Å². The number of nitrogens with zero attached hydrogens (tertiary/aromatic N) is 2. The zero-order valence-electron chi connectivity index (χ0n) is 12.1. The van der Waals surface area contributed by atoms with Crippen LogP contribution in [-0.2, 0) is 16.1 Å². The molecule has 1 unspecified atom stereocenters. The van der Waals surface area contributed by atoms with Crippen molar-refractivity contribution in [3.8, 4) is 0 Å². The Hall–Kier alpha value is -1.50. The Bertz CT molecular complexity index is 473. The lowest BCUT2D eigenvalue weighted by atomic mass is 10.3. The topological polar surface area (TPSA) is 76.0 Å². The standard InChI is InChI=1S/C13H22N4O2S/c1-9-7-10(2)17(16-9)6-4-5-14-13(19)12(8-20)15-11(3)18/h7,12,20H,4-6,8H2,1-3H3,(H,14,19)(H,15,18). The zero-order chi connectivity index (χ0) is 15.1. The monoisotopic (exact) mass is 298 g/mol. The van der Waals surface area contributed by atoms with Gasteiger partial charge in [0.1, 0.15) is 6.04 Å². The molecule has 112 valence electrons. The van der Waals surface area contributed by atoms with Crippen LogP contribution in [0.4, 0.5) is 0 Å². The zero-order valence-corrected chi connectivity index (χ0v) is 13.0. The molecule has 1 aromatic heterocycles. The molecule has 20 heavy (non-hydrogen) atoms. The Labute approximate surface area is 124 Å². The second-order valence-corrected chi connectivity index (χ2v) is 5.10. The normalized spacial score (nSPS) is 12.0. The van der Waals surface area contributed by atoms with Gasteiger partial charge in [0.15, 0.2) is 0 Å². The van der Waals surface area contributed by atoms with Crippen molar-refractivity contribution in [2.24, 2.45) is 0 Å². The Morgan fingerprint density at radius 3 is 2.65 bits per heavy atom. The second kappa shape index (κ2) is 7.94. The van der Waals surface area contributed by atoms with Crippen molar-refractivity contribution in [3.63, 3.8) is 0 Å². The smallest absolute Gasteiger partial charge is 0.243 e. The predicted octanol–water partition coefficient (Wildman–Crippen LogP) is 0.441. The Morgan fingerprint density at radius 1 is 1.45 bits per heavy atom. The van der Waals surface area contributed by atoms with Crippen LogP contribution in [0.15, 0.2) is 6.07 Å². The summed E-state index contributed by atoms with van der Waals surface area (Å²) >= 11 is 4.06. The number of thiol groups is 1. The lowest BCUT2D eigenvalue weighted by Gasteiger charge is -2.15. The van der Waals surface area contributed by atoms with E-state index in [1.165, 1.54) is 6.92 Å². The number of aromatic nitrogens is 2. The summed E-state index contributed by atoms with van der Waals surface area (Å²) in [5.41, 5.74) is 2.10. The van der Waals surface area contributed by atoms with Crippen molar-refractivity contribution in [1.82, 2.24) is 20.4 Å². The highest BCUT2D eigenvalue weighted by molar-refractivity contribution is 7.80. The van der Waals surface area contributed by atoms with E-state index in [-0.39, 0.29) is 17.6 Å². The van der Waals surface area contributed by atoms with Gasteiger partial charge < -0.3 is 10.6 Å². The minimum atomic E-state index is -0.579. The number of nitrogens with one attached hydrogen (secondary N) is 2. The number of carbonyl (C=O) groups excluding carboxylic acids is 2. The Morgan fingerprint density at radius 2 is 2.15 bits per heavy atom. The van der Waals surface area contributed by atoms with Gasteiger partial charge in [0.2, 0.25) is 11.8 Å². The highest BCUT2D eigenvalue weighted by Gasteiger charge is 2.16. The fourth-order valence-electron chi connectivity index (χ4n) is 1.90. The second-order valence-electron chi connectivity index (χ2n) is 4.73. The van der Waals surface area contributed by atoms with Gasteiger partial charge in [-0.3, -0.25) is 14.3 Å². The predicted molar refractivity (Wildman–Crippen MR) is 80.8 cm³/mol. The van der Waals surface area contributed by atoms with E-state index >= 15 is 0 Å². The summed E-state index contributed by atoms with van der Waals surface area (Å²) in [5, 5.41) is 9.70. The largest absolute Gasteiger partial charge is 0.354 e. The molecule has 1 atom stereocenters. The minimum Gasteiger partial charge on any atom is -0.354 e. The van der Waals surface area contributed by atoms with Gasteiger partial charge in [-0.1, -0.05) is 0 Å². The summed E-state index contributed by atoms with van der Waals surface area (Å²) in [4.78, 5) is 22.7. The molecule has 0 aliphatic carbocycles. The van der Waals surface area contributed by atoms with Crippen LogP contribution in [0.3, 0.4) is 0 Å². The average molecular weight is 298 g/mol. The number of hydrogen-bond acceptors (Lipinski definition) is 4. The first kappa shape index (κ1) is 16.6. The molecule has 7 heteroatoms. The van der Waals surface area contributed by atoms with Crippen molar-refractivity contribution in [1.29, 1.82) is 0 Å². The average Bonchev–Trinajstić information content (AvgIpc) is 2.69. The maximum Gasteiger partial charge on any atom is 0.243 e. The molecule has 0 aromatic carbocycles. The van der Waals surface area contributed by atoms with Gasteiger partial charge in [0.05, 0.1) is 5.69 Å². The fraction of sp³-hybridized carbons (Fsp3) is 0.615. The van der Waals surface area contributed by atoms with Crippen LogP contribution < -0.4 is 10.6 Å². The number of rotatable bonds is 7. The summed E-state index contributed by atoms with van der Waals surface area (Å²) in [6.45, 7) is 6.64. The van der Waals surface area contributed by atoms with E-state index in [9.17, 15) is 9.59 Å². The third-order valence-electron chi connectivity index (χ3n) is 2.83. The molecule has 2 amide bonds. The van der Waals surface area contributed by atoms with Gasteiger partial charge in [0, 0.05) is 31.5 Å². The lowest BCUT2D eigenvalue weighted by Crippen LogP contribution is -2.47. The number of amides is 2. The first-order valence-corrected chi connectivity index (χ1v) is 7.24. The first-order chi connectivity index (χ1) is 9.43. The van der Waals surface area contributed by atoms with E-state index in [0.717, 1.165) is 24.4 Å². The maximum atomic E-state index is 11.8. The quantitative estimate of drug-likeness (QED) is 0.505. The first-order valence-electron chi connectivity index (χ1n) is 6.60. The number of carbonyl (C=O) groups is 2. The molecule has 0 saturated heterocycles. The van der Waals surface area contributed by atoms with E-state index in [1.807, 2.05) is 24.6 Å². The van der Waals surface area contributed by atoms with Gasteiger partial charge in [-0.05, 0) is 26.3 Å². The minimum absolute atomic E-state index is 0.205. The molecule has 6 nitrogen and oxygen atoms in total. The Balaban J connectivity index is 2.31. The van der Waals surface area contributed by atoms with Crippen LogP contribution in [0.5, 0.6) is 0 Å².